The third kappa shape index (κ3) is 4.76. The SMILES string of the molecule is C=NC(=N/C(=C\CC1=CCCC=C1)c1ccccc1)c1ccc(C)cc1. The van der Waals surface area contributed by atoms with Crippen LogP contribution in [0.1, 0.15) is 36.0 Å². The lowest BCUT2D eigenvalue weighted by Gasteiger charge is -2.08. The highest BCUT2D eigenvalue weighted by atomic mass is 14.9. The molecule has 0 saturated carbocycles. The first-order valence-electron chi connectivity index (χ1n) is 9.00. The van der Waals surface area contributed by atoms with Gasteiger partial charge in [0.1, 0.15) is 0 Å². The summed E-state index contributed by atoms with van der Waals surface area (Å²) in [4.78, 5) is 9.02. The van der Waals surface area contributed by atoms with Gasteiger partial charge in [-0.3, -0.25) is 0 Å². The third-order valence-electron chi connectivity index (χ3n) is 4.36. The summed E-state index contributed by atoms with van der Waals surface area (Å²) in [5, 5.41) is 0. The molecule has 0 aliphatic heterocycles. The molecule has 0 heterocycles. The van der Waals surface area contributed by atoms with Crippen LogP contribution in [0.15, 0.2) is 94.5 Å². The average molecular weight is 340 g/mol. The minimum atomic E-state index is 0.647. The Morgan fingerprint density at radius 2 is 1.77 bits per heavy atom. The lowest BCUT2D eigenvalue weighted by atomic mass is 10.0. The van der Waals surface area contributed by atoms with E-state index in [0.717, 1.165) is 36.1 Å². The Kier molecular flexibility index (Phi) is 6.10. The molecule has 0 bridgehead atoms. The molecule has 3 rings (SSSR count). The van der Waals surface area contributed by atoms with E-state index in [1.54, 1.807) is 0 Å². The van der Waals surface area contributed by atoms with E-state index >= 15 is 0 Å². The minimum Gasteiger partial charge on any atom is -0.245 e. The van der Waals surface area contributed by atoms with Gasteiger partial charge >= 0.3 is 0 Å². The fraction of sp³-hybridized carbons (Fsp3) is 0.167. The van der Waals surface area contributed by atoms with Crippen LogP contribution < -0.4 is 0 Å². The normalized spacial score (nSPS) is 14.9. The van der Waals surface area contributed by atoms with Crippen LogP contribution >= 0.6 is 0 Å². The Balaban J connectivity index is 1.96. The average Bonchev–Trinajstić information content (AvgIpc) is 2.70. The summed E-state index contributed by atoms with van der Waals surface area (Å²) in [5.41, 5.74) is 5.54. The summed E-state index contributed by atoms with van der Waals surface area (Å²) in [7, 11) is 0. The topological polar surface area (TPSA) is 24.7 Å². The predicted octanol–water partition coefficient (Wildman–Crippen LogP) is 6.15. The smallest absolute Gasteiger partial charge is 0.159 e. The van der Waals surface area contributed by atoms with Gasteiger partial charge in [-0.25, -0.2) is 9.98 Å². The maximum absolute atomic E-state index is 4.85. The van der Waals surface area contributed by atoms with Crippen LogP contribution in [-0.4, -0.2) is 12.6 Å². The first kappa shape index (κ1) is 17.8. The lowest BCUT2D eigenvalue weighted by Crippen LogP contribution is -1.98. The number of rotatable bonds is 5. The van der Waals surface area contributed by atoms with Crippen molar-refractivity contribution in [1.29, 1.82) is 0 Å². The van der Waals surface area contributed by atoms with Gasteiger partial charge in [0.05, 0.1) is 5.70 Å². The van der Waals surface area contributed by atoms with Crippen LogP contribution in [0, 0.1) is 6.92 Å². The first-order chi connectivity index (χ1) is 12.8. The molecule has 1 aliphatic rings. The van der Waals surface area contributed by atoms with Gasteiger partial charge < -0.3 is 0 Å². The van der Waals surface area contributed by atoms with E-state index in [2.05, 4.69) is 67.2 Å². The Morgan fingerprint density at radius 3 is 2.42 bits per heavy atom. The van der Waals surface area contributed by atoms with Crippen LogP contribution in [0.5, 0.6) is 0 Å². The second kappa shape index (κ2) is 8.91. The van der Waals surface area contributed by atoms with Crippen LogP contribution in [-0.2, 0) is 0 Å². The minimum absolute atomic E-state index is 0.647. The molecule has 0 aromatic heterocycles. The Bertz CT molecular complexity index is 866. The van der Waals surface area contributed by atoms with Crippen molar-refractivity contribution in [2.75, 3.05) is 0 Å². The lowest BCUT2D eigenvalue weighted by molar-refractivity contribution is 1.00. The molecule has 2 aromatic carbocycles. The molecule has 2 nitrogen and oxygen atoms in total. The number of allylic oxidation sites excluding steroid dienone is 5. The number of nitrogens with zero attached hydrogens (tertiary/aromatic N) is 2. The quantitative estimate of drug-likeness (QED) is 0.461. The fourth-order valence-electron chi connectivity index (χ4n) is 2.88. The van der Waals surface area contributed by atoms with E-state index in [4.69, 9.17) is 4.99 Å². The van der Waals surface area contributed by atoms with Crippen molar-refractivity contribution >= 4 is 18.3 Å². The van der Waals surface area contributed by atoms with Gasteiger partial charge in [-0.1, -0.05) is 84.5 Å². The molecule has 1 aliphatic carbocycles. The Hall–Kier alpha value is -3.00. The predicted molar refractivity (Wildman–Crippen MR) is 113 cm³/mol. The zero-order chi connectivity index (χ0) is 18.2. The highest BCUT2D eigenvalue weighted by molar-refractivity contribution is 6.04. The van der Waals surface area contributed by atoms with E-state index in [1.165, 1.54) is 11.1 Å². The first-order valence-corrected chi connectivity index (χ1v) is 9.00. The van der Waals surface area contributed by atoms with Gasteiger partial charge in [-0.2, -0.15) is 0 Å². The summed E-state index contributed by atoms with van der Waals surface area (Å²) in [5.74, 6) is 0.647. The zero-order valence-corrected chi connectivity index (χ0v) is 15.2. The van der Waals surface area contributed by atoms with Crippen molar-refractivity contribution < 1.29 is 0 Å². The molecule has 0 atom stereocenters. The number of aryl methyl sites for hydroxylation is 1. The number of hydrogen-bond donors (Lipinski definition) is 0. The van der Waals surface area contributed by atoms with Crippen molar-refractivity contribution in [3.8, 4) is 0 Å². The molecule has 0 saturated heterocycles. The van der Waals surface area contributed by atoms with Crippen molar-refractivity contribution in [2.24, 2.45) is 9.98 Å². The zero-order valence-electron chi connectivity index (χ0n) is 15.2. The molecule has 0 N–H and O–H groups in total. The standard InChI is InChI=1S/C24H24N2/c1-19-13-16-22(17-14-19)24(25-2)26-23(21-11-7-4-8-12-21)18-15-20-9-5-3-6-10-20/h4-5,7-14,16-18H,2-3,6,15H2,1H3/b23-18-,26-24?. The molecule has 130 valence electrons. The second-order valence-electron chi connectivity index (χ2n) is 6.38. The summed E-state index contributed by atoms with van der Waals surface area (Å²) in [6.07, 6.45) is 12.0. The van der Waals surface area contributed by atoms with Gasteiger partial charge in [0.2, 0.25) is 0 Å². The van der Waals surface area contributed by atoms with Gasteiger partial charge in [0.25, 0.3) is 0 Å². The largest absolute Gasteiger partial charge is 0.245 e. The molecule has 0 radical (unpaired) electrons. The second-order valence-corrected chi connectivity index (χ2v) is 6.38. The molecule has 2 aromatic rings. The Morgan fingerprint density at radius 1 is 1.00 bits per heavy atom. The maximum Gasteiger partial charge on any atom is 0.159 e. The van der Waals surface area contributed by atoms with Crippen molar-refractivity contribution in [3.63, 3.8) is 0 Å². The van der Waals surface area contributed by atoms with Crippen molar-refractivity contribution in [1.82, 2.24) is 0 Å². The molecular weight excluding hydrogens is 316 g/mol. The molecule has 0 unspecified atom stereocenters. The number of benzene rings is 2. The van der Waals surface area contributed by atoms with E-state index in [-0.39, 0.29) is 0 Å². The monoisotopic (exact) mass is 340 g/mol. The van der Waals surface area contributed by atoms with Crippen LogP contribution in [0.3, 0.4) is 0 Å². The van der Waals surface area contributed by atoms with Gasteiger partial charge in [-0.05, 0) is 44.0 Å². The number of aliphatic imine (C=N–C) groups is 2. The summed E-state index contributed by atoms with van der Waals surface area (Å²) >= 11 is 0. The van der Waals surface area contributed by atoms with E-state index in [0.29, 0.717) is 5.84 Å². The van der Waals surface area contributed by atoms with E-state index in [1.807, 2.05) is 30.3 Å². The fourth-order valence-corrected chi connectivity index (χ4v) is 2.88. The molecule has 26 heavy (non-hydrogen) atoms. The van der Waals surface area contributed by atoms with Crippen LogP contribution in [0.2, 0.25) is 0 Å². The van der Waals surface area contributed by atoms with Crippen LogP contribution in [0.4, 0.5) is 0 Å². The van der Waals surface area contributed by atoms with Crippen molar-refractivity contribution in [2.45, 2.75) is 26.2 Å². The molecule has 2 heteroatoms. The van der Waals surface area contributed by atoms with Gasteiger partial charge in [0.15, 0.2) is 5.84 Å². The van der Waals surface area contributed by atoms with E-state index in [9.17, 15) is 0 Å². The van der Waals surface area contributed by atoms with E-state index < -0.39 is 0 Å². The van der Waals surface area contributed by atoms with Gasteiger partial charge in [0, 0.05) is 5.56 Å². The summed E-state index contributed by atoms with van der Waals surface area (Å²) < 4.78 is 0. The third-order valence-corrected chi connectivity index (χ3v) is 4.36. The maximum atomic E-state index is 4.85. The highest BCUT2D eigenvalue weighted by Crippen LogP contribution is 2.22. The molecule has 0 fully saturated rings. The number of amidine groups is 1. The highest BCUT2D eigenvalue weighted by Gasteiger charge is 2.06. The molecule has 0 spiro atoms. The summed E-state index contributed by atoms with van der Waals surface area (Å²) in [6, 6.07) is 18.5. The molecular formula is C24H24N2. The number of hydrogen-bond acceptors (Lipinski definition) is 1. The van der Waals surface area contributed by atoms with Crippen LogP contribution in [0.25, 0.3) is 5.70 Å². The molecule has 0 amide bonds. The Labute approximate surface area is 156 Å². The van der Waals surface area contributed by atoms with Gasteiger partial charge in [-0.15, -0.1) is 0 Å². The van der Waals surface area contributed by atoms with Crippen molar-refractivity contribution in [3.05, 3.63) is 101 Å². The summed E-state index contributed by atoms with van der Waals surface area (Å²) in [6.45, 7) is 5.80.